The molecule has 2 aromatic carbocycles. The number of nitrogens with zero attached hydrogens (tertiary/aromatic N) is 1. The Morgan fingerprint density at radius 1 is 1.07 bits per heavy atom. The lowest BCUT2D eigenvalue weighted by atomic mass is 10.1. The standard InChI is InChI=1S/C19H22N2O5S/c1-14-6-4-5-7-17(14)18(22)20-12-13-21(27(3,24)25)16-10-8-15(9-11-16)19(23)26-2/h4-11H,12-13H2,1-3H3,(H,20,22). The van der Waals surface area contributed by atoms with Gasteiger partial charge < -0.3 is 10.1 Å². The number of ether oxygens (including phenoxy) is 1. The molecule has 27 heavy (non-hydrogen) atoms. The zero-order valence-electron chi connectivity index (χ0n) is 15.4. The molecule has 0 aliphatic rings. The second-order valence-electron chi connectivity index (χ2n) is 5.94. The molecule has 0 saturated carbocycles. The molecule has 0 aliphatic carbocycles. The van der Waals surface area contributed by atoms with E-state index in [2.05, 4.69) is 10.1 Å². The summed E-state index contributed by atoms with van der Waals surface area (Å²) in [6, 6.07) is 13.2. The third-order valence-electron chi connectivity index (χ3n) is 3.97. The van der Waals surface area contributed by atoms with Crippen LogP contribution in [-0.4, -0.2) is 46.7 Å². The van der Waals surface area contributed by atoms with E-state index in [1.54, 1.807) is 12.1 Å². The minimum absolute atomic E-state index is 0.0635. The number of anilines is 1. The number of nitrogens with one attached hydrogen (secondary N) is 1. The summed E-state index contributed by atoms with van der Waals surface area (Å²) < 4.78 is 30.1. The van der Waals surface area contributed by atoms with Crippen molar-refractivity contribution >= 4 is 27.6 Å². The molecule has 8 heteroatoms. The van der Waals surface area contributed by atoms with Crippen LogP contribution in [0.15, 0.2) is 48.5 Å². The molecule has 2 rings (SSSR count). The third kappa shape index (κ3) is 5.30. The van der Waals surface area contributed by atoms with Crippen LogP contribution in [0.5, 0.6) is 0 Å². The number of carbonyl (C=O) groups is 2. The van der Waals surface area contributed by atoms with E-state index in [0.29, 0.717) is 16.8 Å². The normalized spacial score (nSPS) is 10.9. The van der Waals surface area contributed by atoms with E-state index in [1.165, 1.54) is 35.7 Å². The number of rotatable bonds is 7. The van der Waals surface area contributed by atoms with Crippen LogP contribution in [0.25, 0.3) is 0 Å². The summed E-state index contributed by atoms with van der Waals surface area (Å²) in [6.45, 7) is 2.04. The minimum Gasteiger partial charge on any atom is -0.465 e. The average molecular weight is 390 g/mol. The fraction of sp³-hybridized carbons (Fsp3) is 0.263. The van der Waals surface area contributed by atoms with Crippen LogP contribution in [0.4, 0.5) is 5.69 Å². The molecule has 7 nitrogen and oxygen atoms in total. The Labute approximate surface area is 159 Å². The molecule has 0 saturated heterocycles. The number of aryl methyl sites for hydroxylation is 1. The summed E-state index contributed by atoms with van der Waals surface area (Å²) in [7, 11) is -2.29. The highest BCUT2D eigenvalue weighted by atomic mass is 32.2. The van der Waals surface area contributed by atoms with E-state index in [9.17, 15) is 18.0 Å². The number of carbonyl (C=O) groups excluding carboxylic acids is 2. The number of amides is 1. The van der Waals surface area contributed by atoms with Crippen LogP contribution in [-0.2, 0) is 14.8 Å². The molecule has 144 valence electrons. The summed E-state index contributed by atoms with van der Waals surface area (Å²) >= 11 is 0. The molecule has 1 amide bonds. The Bertz CT molecular complexity index is 923. The first-order valence-electron chi connectivity index (χ1n) is 8.24. The SMILES string of the molecule is COC(=O)c1ccc(N(CCNC(=O)c2ccccc2C)S(C)(=O)=O)cc1. The van der Waals surface area contributed by atoms with Crippen molar-refractivity contribution in [1.29, 1.82) is 0 Å². The van der Waals surface area contributed by atoms with Crippen LogP contribution < -0.4 is 9.62 Å². The lowest BCUT2D eigenvalue weighted by molar-refractivity contribution is 0.0600. The van der Waals surface area contributed by atoms with Gasteiger partial charge in [-0.2, -0.15) is 0 Å². The van der Waals surface area contributed by atoms with Gasteiger partial charge in [-0.05, 0) is 42.8 Å². The predicted molar refractivity (Wildman–Crippen MR) is 103 cm³/mol. The highest BCUT2D eigenvalue weighted by molar-refractivity contribution is 7.92. The third-order valence-corrected chi connectivity index (χ3v) is 5.16. The molecule has 0 unspecified atom stereocenters. The zero-order valence-corrected chi connectivity index (χ0v) is 16.2. The number of hydrogen-bond acceptors (Lipinski definition) is 5. The van der Waals surface area contributed by atoms with Gasteiger partial charge >= 0.3 is 5.97 Å². The van der Waals surface area contributed by atoms with E-state index < -0.39 is 16.0 Å². The maximum Gasteiger partial charge on any atom is 0.337 e. The van der Waals surface area contributed by atoms with Crippen LogP contribution in [0, 0.1) is 6.92 Å². The predicted octanol–water partition coefficient (Wildman–Crippen LogP) is 1.98. The molecule has 0 aliphatic heterocycles. The Hall–Kier alpha value is -2.87. The van der Waals surface area contributed by atoms with Crippen molar-refractivity contribution in [1.82, 2.24) is 5.32 Å². The summed E-state index contributed by atoms with van der Waals surface area (Å²) in [5.74, 6) is -0.763. The molecule has 0 fully saturated rings. The zero-order chi connectivity index (χ0) is 20.0. The second-order valence-corrected chi connectivity index (χ2v) is 7.85. The smallest absolute Gasteiger partial charge is 0.337 e. The van der Waals surface area contributed by atoms with Gasteiger partial charge in [-0.25, -0.2) is 13.2 Å². The fourth-order valence-corrected chi connectivity index (χ4v) is 3.49. The Kier molecular flexibility index (Phi) is 6.57. The average Bonchev–Trinajstić information content (AvgIpc) is 2.64. The first kappa shape index (κ1) is 20.4. The highest BCUT2D eigenvalue weighted by Crippen LogP contribution is 2.18. The fourth-order valence-electron chi connectivity index (χ4n) is 2.56. The molecule has 0 atom stereocenters. The number of esters is 1. The van der Waals surface area contributed by atoms with E-state index in [-0.39, 0.29) is 19.0 Å². The van der Waals surface area contributed by atoms with Gasteiger partial charge in [0.15, 0.2) is 0 Å². The molecular weight excluding hydrogens is 368 g/mol. The number of benzene rings is 2. The Morgan fingerprint density at radius 3 is 2.26 bits per heavy atom. The second kappa shape index (κ2) is 8.68. The van der Waals surface area contributed by atoms with E-state index >= 15 is 0 Å². The van der Waals surface area contributed by atoms with Crippen LogP contribution >= 0.6 is 0 Å². The Morgan fingerprint density at radius 2 is 1.70 bits per heavy atom. The van der Waals surface area contributed by atoms with Gasteiger partial charge in [0.1, 0.15) is 0 Å². The topological polar surface area (TPSA) is 92.8 Å². The lowest BCUT2D eigenvalue weighted by Crippen LogP contribution is -2.38. The molecule has 0 bridgehead atoms. The van der Waals surface area contributed by atoms with Crippen molar-refractivity contribution in [3.63, 3.8) is 0 Å². The molecular formula is C19H22N2O5S. The van der Waals surface area contributed by atoms with Crippen molar-refractivity contribution in [3.05, 3.63) is 65.2 Å². The van der Waals surface area contributed by atoms with E-state index in [0.717, 1.165) is 11.8 Å². The van der Waals surface area contributed by atoms with Crippen LogP contribution in [0.3, 0.4) is 0 Å². The Balaban J connectivity index is 2.09. The maximum absolute atomic E-state index is 12.3. The summed E-state index contributed by atoms with van der Waals surface area (Å²) in [4.78, 5) is 23.8. The van der Waals surface area contributed by atoms with Crippen molar-refractivity contribution in [2.45, 2.75) is 6.92 Å². The van der Waals surface area contributed by atoms with Crippen molar-refractivity contribution in [2.24, 2.45) is 0 Å². The molecule has 0 spiro atoms. The number of sulfonamides is 1. The summed E-state index contributed by atoms with van der Waals surface area (Å²) in [5, 5.41) is 2.73. The van der Waals surface area contributed by atoms with Gasteiger partial charge in [-0.15, -0.1) is 0 Å². The molecule has 2 aromatic rings. The molecule has 0 heterocycles. The van der Waals surface area contributed by atoms with Crippen molar-refractivity contribution < 1.29 is 22.7 Å². The van der Waals surface area contributed by atoms with Crippen molar-refractivity contribution in [3.8, 4) is 0 Å². The van der Waals surface area contributed by atoms with Crippen molar-refractivity contribution in [2.75, 3.05) is 30.8 Å². The van der Waals surface area contributed by atoms with Gasteiger partial charge in [0, 0.05) is 12.1 Å². The van der Waals surface area contributed by atoms with Gasteiger partial charge in [0.05, 0.1) is 31.2 Å². The molecule has 0 aromatic heterocycles. The van der Waals surface area contributed by atoms with E-state index in [1.807, 2.05) is 19.1 Å². The summed E-state index contributed by atoms with van der Waals surface area (Å²) in [5.41, 5.74) is 2.11. The number of methoxy groups -OCH3 is 1. The van der Waals surface area contributed by atoms with E-state index in [4.69, 9.17) is 0 Å². The van der Waals surface area contributed by atoms with Gasteiger partial charge in [0.25, 0.3) is 5.91 Å². The number of hydrogen-bond donors (Lipinski definition) is 1. The summed E-state index contributed by atoms with van der Waals surface area (Å²) in [6.07, 6.45) is 1.09. The quantitative estimate of drug-likeness (QED) is 0.730. The first-order chi connectivity index (χ1) is 12.7. The van der Waals surface area contributed by atoms with Gasteiger partial charge in [0.2, 0.25) is 10.0 Å². The first-order valence-corrected chi connectivity index (χ1v) is 10.1. The largest absolute Gasteiger partial charge is 0.465 e. The maximum atomic E-state index is 12.3. The minimum atomic E-state index is -3.56. The lowest BCUT2D eigenvalue weighted by Gasteiger charge is -2.22. The van der Waals surface area contributed by atoms with Gasteiger partial charge in [-0.3, -0.25) is 9.10 Å². The highest BCUT2D eigenvalue weighted by Gasteiger charge is 2.18. The molecule has 1 N–H and O–H groups in total. The van der Waals surface area contributed by atoms with Crippen LogP contribution in [0.2, 0.25) is 0 Å². The van der Waals surface area contributed by atoms with Crippen LogP contribution in [0.1, 0.15) is 26.3 Å². The van der Waals surface area contributed by atoms with Gasteiger partial charge in [-0.1, -0.05) is 18.2 Å². The molecule has 0 radical (unpaired) electrons. The monoisotopic (exact) mass is 390 g/mol.